The molecule has 0 saturated carbocycles. The Kier molecular flexibility index (Phi) is 6.05. The topological polar surface area (TPSA) is 83.6 Å². The van der Waals surface area contributed by atoms with E-state index in [1.807, 2.05) is 60.7 Å². The fourth-order valence-corrected chi connectivity index (χ4v) is 4.00. The van der Waals surface area contributed by atoms with E-state index in [-0.39, 0.29) is 9.79 Å². The van der Waals surface area contributed by atoms with Gasteiger partial charge in [-0.1, -0.05) is 36.4 Å². The van der Waals surface area contributed by atoms with Crippen molar-refractivity contribution in [3.05, 3.63) is 109 Å². The van der Waals surface area contributed by atoms with Crippen LogP contribution < -0.4 is 0 Å². The zero-order chi connectivity index (χ0) is 21.5. The largest absolute Gasteiger partial charge is 0.219 e. The second kappa shape index (κ2) is 9.23. The van der Waals surface area contributed by atoms with Crippen molar-refractivity contribution < 1.29 is 8.42 Å². The molecule has 0 fully saturated rings. The first-order chi connectivity index (χ1) is 15.1. The maximum atomic E-state index is 12.9. The normalized spacial score (nSPS) is 11.9. The van der Waals surface area contributed by atoms with Gasteiger partial charge in [-0.25, -0.2) is 8.42 Å². The summed E-state index contributed by atoms with van der Waals surface area (Å²) < 4.78 is 25.8. The molecule has 0 N–H and O–H groups in total. The zero-order valence-corrected chi connectivity index (χ0v) is 17.2. The molecule has 4 aromatic rings. The monoisotopic (exact) mass is 426 g/mol. The molecule has 6 nitrogen and oxygen atoms in total. The highest BCUT2D eigenvalue weighted by atomic mass is 32.2. The summed E-state index contributed by atoms with van der Waals surface area (Å²) >= 11 is 0. The Bertz CT molecular complexity index is 1200. The number of benzene rings is 4. The second-order valence-electron chi connectivity index (χ2n) is 6.56. The molecule has 31 heavy (non-hydrogen) atoms. The summed E-state index contributed by atoms with van der Waals surface area (Å²) in [5.41, 5.74) is 2.59. The fraction of sp³-hybridized carbons (Fsp3) is 0. The summed E-state index contributed by atoms with van der Waals surface area (Å²) in [7, 11) is -3.65. The van der Waals surface area contributed by atoms with E-state index in [4.69, 9.17) is 0 Å². The predicted octanol–water partition coefficient (Wildman–Crippen LogP) is 7.35. The molecule has 0 heterocycles. The van der Waals surface area contributed by atoms with Crippen molar-refractivity contribution in [3.63, 3.8) is 0 Å². The van der Waals surface area contributed by atoms with E-state index < -0.39 is 9.84 Å². The van der Waals surface area contributed by atoms with Crippen molar-refractivity contribution in [2.24, 2.45) is 20.5 Å². The molecule has 7 heteroatoms. The number of rotatable bonds is 6. The maximum absolute atomic E-state index is 12.9. The third-order valence-electron chi connectivity index (χ3n) is 4.37. The predicted molar refractivity (Wildman–Crippen MR) is 120 cm³/mol. The minimum Gasteiger partial charge on any atom is -0.219 e. The number of nitrogens with zero attached hydrogens (tertiary/aromatic N) is 4. The molecule has 0 unspecified atom stereocenters. The Morgan fingerprint density at radius 3 is 1.00 bits per heavy atom. The van der Waals surface area contributed by atoms with Gasteiger partial charge < -0.3 is 0 Å². The van der Waals surface area contributed by atoms with Crippen molar-refractivity contribution in [2.45, 2.75) is 9.79 Å². The minimum atomic E-state index is -3.65. The van der Waals surface area contributed by atoms with Gasteiger partial charge in [0.05, 0.1) is 32.5 Å². The van der Waals surface area contributed by atoms with Gasteiger partial charge in [0.1, 0.15) is 0 Å². The molecule has 0 atom stereocenters. The summed E-state index contributed by atoms with van der Waals surface area (Å²) in [5, 5.41) is 16.5. The van der Waals surface area contributed by atoms with E-state index in [0.29, 0.717) is 11.4 Å². The Hall–Kier alpha value is -3.97. The molecule has 152 valence electrons. The lowest BCUT2D eigenvalue weighted by Gasteiger charge is -2.05. The molecule has 0 spiro atoms. The van der Waals surface area contributed by atoms with Crippen LogP contribution in [-0.4, -0.2) is 8.42 Å². The first-order valence-corrected chi connectivity index (χ1v) is 11.0. The molecule has 0 aromatic heterocycles. The molecule has 0 aliphatic heterocycles. The van der Waals surface area contributed by atoms with Gasteiger partial charge in [-0.15, -0.1) is 0 Å². The van der Waals surface area contributed by atoms with Crippen LogP contribution in [0.1, 0.15) is 0 Å². The van der Waals surface area contributed by atoms with Crippen LogP contribution in [0, 0.1) is 0 Å². The Labute approximate surface area is 180 Å². The van der Waals surface area contributed by atoms with Gasteiger partial charge in [-0.3, -0.25) is 0 Å². The smallest absolute Gasteiger partial charge is 0.206 e. The van der Waals surface area contributed by atoms with Crippen molar-refractivity contribution in [3.8, 4) is 0 Å². The van der Waals surface area contributed by atoms with Crippen LogP contribution >= 0.6 is 0 Å². The number of hydrogen-bond donors (Lipinski definition) is 0. The highest BCUT2D eigenvalue weighted by molar-refractivity contribution is 7.91. The van der Waals surface area contributed by atoms with Gasteiger partial charge in [-0.05, 0) is 72.8 Å². The quantitative estimate of drug-likeness (QED) is 0.302. The summed E-state index contributed by atoms with van der Waals surface area (Å²) in [6, 6.07) is 31.3. The van der Waals surface area contributed by atoms with Gasteiger partial charge >= 0.3 is 0 Å². The Morgan fingerprint density at radius 1 is 0.387 bits per heavy atom. The van der Waals surface area contributed by atoms with E-state index in [2.05, 4.69) is 20.5 Å². The summed E-state index contributed by atoms with van der Waals surface area (Å²) in [4.78, 5) is 0.370. The zero-order valence-electron chi connectivity index (χ0n) is 16.4. The van der Waals surface area contributed by atoms with Crippen LogP contribution in [0.5, 0.6) is 0 Å². The second-order valence-corrected chi connectivity index (χ2v) is 8.51. The number of sulfone groups is 1. The molecule has 0 aliphatic rings. The Balaban J connectivity index is 1.49. The summed E-state index contributed by atoms with van der Waals surface area (Å²) in [6.45, 7) is 0. The van der Waals surface area contributed by atoms with Gasteiger partial charge in [0.2, 0.25) is 9.84 Å². The Morgan fingerprint density at radius 2 is 0.677 bits per heavy atom. The lowest BCUT2D eigenvalue weighted by molar-refractivity contribution is 0.596. The minimum absolute atomic E-state index is 0.185. The van der Waals surface area contributed by atoms with Crippen LogP contribution in [0.3, 0.4) is 0 Å². The van der Waals surface area contributed by atoms with Gasteiger partial charge in [-0.2, -0.15) is 20.5 Å². The van der Waals surface area contributed by atoms with Crippen molar-refractivity contribution in [1.29, 1.82) is 0 Å². The van der Waals surface area contributed by atoms with Gasteiger partial charge in [0.25, 0.3) is 0 Å². The van der Waals surface area contributed by atoms with Crippen LogP contribution in [0.25, 0.3) is 0 Å². The highest BCUT2D eigenvalue weighted by Gasteiger charge is 2.17. The van der Waals surface area contributed by atoms with Crippen LogP contribution in [0.15, 0.2) is 139 Å². The van der Waals surface area contributed by atoms with Crippen molar-refractivity contribution >= 4 is 32.6 Å². The molecule has 0 amide bonds. The first kappa shape index (κ1) is 20.3. The number of hydrogen-bond acceptors (Lipinski definition) is 6. The summed E-state index contributed by atoms with van der Waals surface area (Å²) in [6.07, 6.45) is 0. The van der Waals surface area contributed by atoms with Crippen molar-refractivity contribution in [2.75, 3.05) is 0 Å². The van der Waals surface area contributed by atoms with E-state index >= 15 is 0 Å². The van der Waals surface area contributed by atoms with Crippen LogP contribution in [0.2, 0.25) is 0 Å². The van der Waals surface area contributed by atoms with E-state index in [0.717, 1.165) is 11.4 Å². The maximum Gasteiger partial charge on any atom is 0.206 e. The average molecular weight is 427 g/mol. The molecule has 0 aliphatic carbocycles. The molecular weight excluding hydrogens is 408 g/mol. The highest BCUT2D eigenvalue weighted by Crippen LogP contribution is 2.26. The SMILES string of the molecule is O=S(=O)(c1ccc(/N=N/c2ccccc2)cc1)c1ccc(/N=N/c2ccccc2)cc1. The first-order valence-electron chi connectivity index (χ1n) is 9.50. The lowest BCUT2D eigenvalue weighted by atomic mass is 10.3. The molecule has 0 bridgehead atoms. The van der Waals surface area contributed by atoms with Crippen molar-refractivity contribution in [1.82, 2.24) is 0 Å². The number of azo groups is 2. The fourth-order valence-electron chi connectivity index (χ4n) is 2.74. The van der Waals surface area contributed by atoms with E-state index in [1.54, 1.807) is 24.3 Å². The average Bonchev–Trinajstić information content (AvgIpc) is 2.83. The molecule has 0 saturated heterocycles. The summed E-state index contributed by atoms with van der Waals surface area (Å²) in [5.74, 6) is 0. The standard InChI is InChI=1S/C24H18N4O2S/c29-31(30,23-15-11-21(12-16-23)27-25-19-7-3-1-4-8-19)24-17-13-22(14-18-24)28-26-20-9-5-2-6-10-20/h1-18H/b27-25+,28-26+. The third-order valence-corrected chi connectivity index (χ3v) is 6.15. The lowest BCUT2D eigenvalue weighted by Crippen LogP contribution is -2.01. The molecule has 4 aromatic carbocycles. The van der Waals surface area contributed by atoms with E-state index in [9.17, 15) is 8.42 Å². The van der Waals surface area contributed by atoms with Gasteiger partial charge in [0.15, 0.2) is 0 Å². The van der Waals surface area contributed by atoms with Crippen LogP contribution in [-0.2, 0) is 9.84 Å². The van der Waals surface area contributed by atoms with Crippen LogP contribution in [0.4, 0.5) is 22.7 Å². The molecular formula is C24H18N4O2S. The molecule has 0 radical (unpaired) electrons. The van der Waals surface area contributed by atoms with Gasteiger partial charge in [0, 0.05) is 0 Å². The third kappa shape index (κ3) is 5.15. The van der Waals surface area contributed by atoms with E-state index in [1.165, 1.54) is 24.3 Å². The molecule has 4 rings (SSSR count).